The summed E-state index contributed by atoms with van der Waals surface area (Å²) in [5.41, 5.74) is 2.06. The average molecular weight is 227 g/mol. The van der Waals surface area contributed by atoms with Crippen LogP contribution in [0.1, 0.15) is 18.1 Å². The number of rotatable bonds is 5. The summed E-state index contributed by atoms with van der Waals surface area (Å²) in [5.74, 6) is 0. The van der Waals surface area contributed by atoms with E-state index in [0.29, 0.717) is 6.42 Å². The van der Waals surface area contributed by atoms with Crippen molar-refractivity contribution in [3.63, 3.8) is 0 Å². The Bertz CT molecular complexity index is 427. The van der Waals surface area contributed by atoms with Crippen LogP contribution in [0.5, 0.6) is 0 Å². The Kier molecular flexibility index (Phi) is 4.17. The van der Waals surface area contributed by atoms with Gasteiger partial charge in [0.15, 0.2) is 0 Å². The van der Waals surface area contributed by atoms with E-state index in [9.17, 15) is 5.11 Å². The van der Waals surface area contributed by atoms with Crippen LogP contribution >= 0.6 is 0 Å². The molecule has 0 aliphatic heterocycles. The van der Waals surface area contributed by atoms with Crippen LogP contribution in [0, 0.1) is 0 Å². The van der Waals surface area contributed by atoms with Gasteiger partial charge in [-0.2, -0.15) is 0 Å². The van der Waals surface area contributed by atoms with Crippen molar-refractivity contribution >= 4 is 5.69 Å². The van der Waals surface area contributed by atoms with Gasteiger partial charge in [0.25, 0.3) is 0 Å². The number of anilines is 1. The zero-order chi connectivity index (χ0) is 11.9. The highest BCUT2D eigenvalue weighted by Crippen LogP contribution is 2.16. The quantitative estimate of drug-likeness (QED) is 0.822. The van der Waals surface area contributed by atoms with Gasteiger partial charge in [-0.05, 0) is 24.1 Å². The fraction of sp³-hybridized carbons (Fsp3) is 0.200. The van der Waals surface area contributed by atoms with Crippen molar-refractivity contribution in [2.45, 2.75) is 12.5 Å². The first-order valence-corrected chi connectivity index (χ1v) is 5.88. The number of nitrogens with one attached hydrogen (secondary N) is 1. The minimum atomic E-state index is -0.396. The van der Waals surface area contributed by atoms with Crippen molar-refractivity contribution in [3.8, 4) is 0 Å². The summed E-state index contributed by atoms with van der Waals surface area (Å²) in [6, 6.07) is 19.8. The molecule has 2 heteroatoms. The first kappa shape index (κ1) is 11.7. The standard InChI is InChI=1S/C15H17NO/c17-15(13-7-3-1-4-8-13)11-12-16-14-9-5-2-6-10-14/h1-10,15-17H,11-12H2. The van der Waals surface area contributed by atoms with Crippen molar-refractivity contribution in [1.82, 2.24) is 0 Å². The van der Waals surface area contributed by atoms with Gasteiger partial charge in [0.2, 0.25) is 0 Å². The Morgan fingerprint density at radius 2 is 1.47 bits per heavy atom. The summed E-state index contributed by atoms with van der Waals surface area (Å²) in [5, 5.41) is 13.2. The van der Waals surface area contributed by atoms with E-state index >= 15 is 0 Å². The Morgan fingerprint density at radius 3 is 2.12 bits per heavy atom. The molecule has 2 rings (SSSR count). The molecule has 2 N–H and O–H groups in total. The predicted octanol–water partition coefficient (Wildman–Crippen LogP) is 3.22. The van der Waals surface area contributed by atoms with Crippen LogP contribution in [-0.4, -0.2) is 11.7 Å². The highest BCUT2D eigenvalue weighted by molar-refractivity contribution is 5.42. The third-order valence-electron chi connectivity index (χ3n) is 2.71. The van der Waals surface area contributed by atoms with Crippen molar-refractivity contribution in [2.24, 2.45) is 0 Å². The summed E-state index contributed by atoms with van der Waals surface area (Å²) in [7, 11) is 0. The molecule has 0 amide bonds. The molecule has 0 saturated heterocycles. The third-order valence-corrected chi connectivity index (χ3v) is 2.71. The predicted molar refractivity (Wildman–Crippen MR) is 71.0 cm³/mol. The lowest BCUT2D eigenvalue weighted by molar-refractivity contribution is 0.171. The zero-order valence-electron chi connectivity index (χ0n) is 9.71. The SMILES string of the molecule is OC(CCNc1ccccc1)c1ccccc1. The van der Waals surface area contributed by atoms with Gasteiger partial charge in [0, 0.05) is 12.2 Å². The number of hydrogen-bond acceptors (Lipinski definition) is 2. The molecule has 88 valence electrons. The van der Waals surface area contributed by atoms with E-state index in [1.165, 1.54) is 0 Å². The normalized spacial score (nSPS) is 12.1. The first-order valence-electron chi connectivity index (χ1n) is 5.88. The minimum Gasteiger partial charge on any atom is -0.388 e. The summed E-state index contributed by atoms with van der Waals surface area (Å²) >= 11 is 0. The topological polar surface area (TPSA) is 32.3 Å². The second kappa shape index (κ2) is 6.06. The molecule has 0 bridgehead atoms. The lowest BCUT2D eigenvalue weighted by atomic mass is 10.1. The van der Waals surface area contributed by atoms with Crippen LogP contribution in [0.15, 0.2) is 60.7 Å². The molecular weight excluding hydrogens is 210 g/mol. The molecular formula is C15H17NO. The molecule has 0 radical (unpaired) electrons. The second-order valence-corrected chi connectivity index (χ2v) is 4.01. The van der Waals surface area contributed by atoms with E-state index in [-0.39, 0.29) is 0 Å². The number of para-hydroxylation sites is 1. The molecule has 0 saturated carbocycles. The smallest absolute Gasteiger partial charge is 0.0806 e. The summed E-state index contributed by atoms with van der Waals surface area (Å²) in [6.45, 7) is 0.764. The zero-order valence-corrected chi connectivity index (χ0v) is 9.71. The molecule has 0 aliphatic rings. The van der Waals surface area contributed by atoms with Gasteiger partial charge in [0.1, 0.15) is 0 Å². The van der Waals surface area contributed by atoms with Crippen LogP contribution in [0.25, 0.3) is 0 Å². The van der Waals surface area contributed by atoms with Gasteiger partial charge >= 0.3 is 0 Å². The van der Waals surface area contributed by atoms with Crippen LogP contribution in [-0.2, 0) is 0 Å². The minimum absolute atomic E-state index is 0.396. The molecule has 0 aromatic heterocycles. The summed E-state index contributed by atoms with van der Waals surface area (Å²) < 4.78 is 0. The second-order valence-electron chi connectivity index (χ2n) is 4.01. The van der Waals surface area contributed by atoms with Gasteiger partial charge in [0.05, 0.1) is 6.10 Å². The lowest BCUT2D eigenvalue weighted by Gasteiger charge is -2.12. The number of aliphatic hydroxyl groups is 1. The van der Waals surface area contributed by atoms with Crippen LogP contribution in [0.2, 0.25) is 0 Å². The van der Waals surface area contributed by atoms with Crippen molar-refractivity contribution in [3.05, 3.63) is 66.2 Å². The van der Waals surface area contributed by atoms with Crippen molar-refractivity contribution in [2.75, 3.05) is 11.9 Å². The van der Waals surface area contributed by atoms with E-state index in [1.807, 2.05) is 60.7 Å². The van der Waals surface area contributed by atoms with E-state index in [4.69, 9.17) is 0 Å². The van der Waals surface area contributed by atoms with Gasteiger partial charge in [-0.3, -0.25) is 0 Å². The van der Waals surface area contributed by atoms with Crippen LogP contribution in [0.4, 0.5) is 5.69 Å². The highest BCUT2D eigenvalue weighted by Gasteiger charge is 2.05. The Hall–Kier alpha value is -1.80. The van der Waals surface area contributed by atoms with Crippen molar-refractivity contribution < 1.29 is 5.11 Å². The maximum absolute atomic E-state index is 9.96. The number of benzene rings is 2. The number of hydrogen-bond donors (Lipinski definition) is 2. The van der Waals surface area contributed by atoms with Gasteiger partial charge < -0.3 is 10.4 Å². The first-order chi connectivity index (χ1) is 8.36. The van der Waals surface area contributed by atoms with E-state index in [2.05, 4.69) is 5.32 Å². The largest absolute Gasteiger partial charge is 0.388 e. The third kappa shape index (κ3) is 3.61. The number of aliphatic hydroxyl groups excluding tert-OH is 1. The Balaban J connectivity index is 1.79. The van der Waals surface area contributed by atoms with Gasteiger partial charge in [-0.25, -0.2) is 0 Å². The molecule has 0 fully saturated rings. The molecule has 2 aromatic rings. The molecule has 1 unspecified atom stereocenters. The summed E-state index contributed by atoms with van der Waals surface area (Å²) in [6.07, 6.45) is 0.311. The molecule has 2 nitrogen and oxygen atoms in total. The van der Waals surface area contributed by atoms with Crippen molar-refractivity contribution in [1.29, 1.82) is 0 Å². The van der Waals surface area contributed by atoms with Crippen LogP contribution in [0.3, 0.4) is 0 Å². The van der Waals surface area contributed by atoms with Crippen LogP contribution < -0.4 is 5.32 Å². The molecule has 17 heavy (non-hydrogen) atoms. The average Bonchev–Trinajstić information content (AvgIpc) is 2.41. The van der Waals surface area contributed by atoms with E-state index < -0.39 is 6.10 Å². The molecule has 2 aromatic carbocycles. The Labute approximate surface area is 102 Å². The Morgan fingerprint density at radius 1 is 0.882 bits per heavy atom. The van der Waals surface area contributed by atoms with E-state index in [1.54, 1.807) is 0 Å². The maximum Gasteiger partial charge on any atom is 0.0806 e. The van der Waals surface area contributed by atoms with E-state index in [0.717, 1.165) is 17.8 Å². The van der Waals surface area contributed by atoms with Gasteiger partial charge in [-0.1, -0.05) is 48.5 Å². The molecule has 0 aliphatic carbocycles. The fourth-order valence-corrected chi connectivity index (χ4v) is 1.75. The monoisotopic (exact) mass is 227 g/mol. The maximum atomic E-state index is 9.96. The highest BCUT2D eigenvalue weighted by atomic mass is 16.3. The molecule has 1 atom stereocenters. The van der Waals surface area contributed by atoms with Gasteiger partial charge in [-0.15, -0.1) is 0 Å². The lowest BCUT2D eigenvalue weighted by Crippen LogP contribution is -2.07. The summed E-state index contributed by atoms with van der Waals surface area (Å²) in [4.78, 5) is 0. The fourth-order valence-electron chi connectivity index (χ4n) is 1.75. The molecule has 0 heterocycles. The molecule has 0 spiro atoms.